The fraction of sp³-hybridized carbons (Fsp3) is 0.267. The third-order valence-corrected chi connectivity index (χ3v) is 3.24. The second-order valence-corrected chi connectivity index (χ2v) is 4.55. The van der Waals surface area contributed by atoms with Gasteiger partial charge in [0.05, 0.1) is 0 Å². The molecule has 0 bridgehead atoms. The summed E-state index contributed by atoms with van der Waals surface area (Å²) < 4.78 is 5.36. The van der Waals surface area contributed by atoms with Crippen LogP contribution in [0.15, 0.2) is 42.5 Å². The van der Waals surface area contributed by atoms with E-state index >= 15 is 0 Å². The van der Waals surface area contributed by atoms with Crippen molar-refractivity contribution >= 4 is 22.4 Å². The van der Waals surface area contributed by atoms with Gasteiger partial charge >= 0.3 is 0 Å². The quantitative estimate of drug-likeness (QED) is 0.877. The molecule has 3 nitrogen and oxygen atoms in total. The van der Waals surface area contributed by atoms with Crippen LogP contribution in [0.25, 0.3) is 10.8 Å². The molecule has 0 aromatic heterocycles. The van der Waals surface area contributed by atoms with Gasteiger partial charge in [0.2, 0.25) is 0 Å². The Kier molecular flexibility index (Phi) is 2.99. The molecule has 0 radical (unpaired) electrons. The maximum atomic E-state index is 11.9. The lowest BCUT2D eigenvalue weighted by Gasteiger charge is -2.10. The van der Waals surface area contributed by atoms with Crippen LogP contribution in [0.2, 0.25) is 0 Å². The van der Waals surface area contributed by atoms with E-state index < -0.39 is 0 Å². The first-order chi connectivity index (χ1) is 8.83. The van der Waals surface area contributed by atoms with E-state index in [4.69, 9.17) is 4.74 Å². The van der Waals surface area contributed by atoms with Crippen LogP contribution >= 0.6 is 0 Å². The van der Waals surface area contributed by atoms with Gasteiger partial charge in [-0.1, -0.05) is 30.3 Å². The predicted molar refractivity (Wildman–Crippen MR) is 71.6 cm³/mol. The number of benzene rings is 2. The molecule has 2 aromatic rings. The molecule has 3 rings (SSSR count). The van der Waals surface area contributed by atoms with Gasteiger partial charge in [-0.2, -0.15) is 0 Å². The van der Waals surface area contributed by atoms with Crippen LogP contribution in [0, 0.1) is 0 Å². The van der Waals surface area contributed by atoms with Crippen LogP contribution in [0.5, 0.6) is 0 Å². The average molecular weight is 241 g/mol. The van der Waals surface area contributed by atoms with Gasteiger partial charge in [-0.3, -0.25) is 4.79 Å². The van der Waals surface area contributed by atoms with Crippen LogP contribution in [0.1, 0.15) is 12.8 Å². The summed E-state index contributed by atoms with van der Waals surface area (Å²) >= 11 is 0. The maximum Gasteiger partial charge on any atom is 0.253 e. The van der Waals surface area contributed by atoms with Gasteiger partial charge in [-0.25, -0.2) is 0 Å². The summed E-state index contributed by atoms with van der Waals surface area (Å²) in [5.74, 6) is -0.0391. The summed E-state index contributed by atoms with van der Waals surface area (Å²) in [5, 5.41) is 5.21. The third kappa shape index (κ3) is 2.22. The van der Waals surface area contributed by atoms with E-state index in [1.54, 1.807) is 0 Å². The van der Waals surface area contributed by atoms with Crippen molar-refractivity contribution in [3.8, 4) is 0 Å². The first-order valence-electron chi connectivity index (χ1n) is 6.24. The van der Waals surface area contributed by atoms with Gasteiger partial charge in [0.1, 0.15) is 6.10 Å². The number of rotatable bonds is 2. The van der Waals surface area contributed by atoms with Crippen molar-refractivity contribution in [1.82, 2.24) is 0 Å². The second kappa shape index (κ2) is 4.78. The Morgan fingerprint density at radius 2 is 2.00 bits per heavy atom. The number of anilines is 1. The maximum absolute atomic E-state index is 11.9. The van der Waals surface area contributed by atoms with Gasteiger partial charge in [0.15, 0.2) is 0 Å². The van der Waals surface area contributed by atoms with Crippen molar-refractivity contribution in [3.63, 3.8) is 0 Å². The van der Waals surface area contributed by atoms with Crippen molar-refractivity contribution in [3.05, 3.63) is 42.5 Å². The topological polar surface area (TPSA) is 38.3 Å². The molecule has 3 heteroatoms. The zero-order chi connectivity index (χ0) is 12.4. The highest BCUT2D eigenvalue weighted by atomic mass is 16.5. The summed E-state index contributed by atoms with van der Waals surface area (Å²) in [4.78, 5) is 11.9. The van der Waals surface area contributed by atoms with Crippen molar-refractivity contribution < 1.29 is 9.53 Å². The zero-order valence-electron chi connectivity index (χ0n) is 10.1. The smallest absolute Gasteiger partial charge is 0.253 e. The molecule has 1 amide bonds. The Hall–Kier alpha value is -1.87. The molecular weight excluding hydrogens is 226 g/mol. The van der Waals surface area contributed by atoms with Gasteiger partial charge < -0.3 is 10.1 Å². The number of ether oxygens (including phenoxy) is 1. The highest BCUT2D eigenvalue weighted by Crippen LogP contribution is 2.20. The normalized spacial score (nSPS) is 19.0. The van der Waals surface area contributed by atoms with Crippen LogP contribution < -0.4 is 5.32 Å². The summed E-state index contributed by atoms with van der Waals surface area (Å²) in [5.41, 5.74) is 0.828. The van der Waals surface area contributed by atoms with Crippen LogP contribution in [-0.4, -0.2) is 18.6 Å². The molecule has 18 heavy (non-hydrogen) atoms. The first kappa shape index (κ1) is 11.2. The van der Waals surface area contributed by atoms with Crippen molar-refractivity contribution in [2.45, 2.75) is 18.9 Å². The van der Waals surface area contributed by atoms with Crippen LogP contribution in [-0.2, 0) is 9.53 Å². The van der Waals surface area contributed by atoms with Gasteiger partial charge in [-0.05, 0) is 35.7 Å². The van der Waals surface area contributed by atoms with E-state index in [9.17, 15) is 4.79 Å². The number of hydrogen-bond acceptors (Lipinski definition) is 2. The average Bonchev–Trinajstić information content (AvgIpc) is 2.92. The van der Waals surface area contributed by atoms with Crippen molar-refractivity contribution in [1.29, 1.82) is 0 Å². The predicted octanol–water partition coefficient (Wildman–Crippen LogP) is 2.96. The number of carbonyl (C=O) groups excluding carboxylic acids is 1. The molecule has 2 aromatic carbocycles. The zero-order valence-corrected chi connectivity index (χ0v) is 10.1. The molecule has 1 N–H and O–H groups in total. The SMILES string of the molecule is O=C(Nc1ccc2ccccc2c1)[C@@H]1CCCO1. The fourth-order valence-corrected chi connectivity index (χ4v) is 2.27. The van der Waals surface area contributed by atoms with E-state index in [0.29, 0.717) is 6.61 Å². The molecule has 0 spiro atoms. The molecule has 1 fully saturated rings. The minimum absolute atomic E-state index is 0.0391. The molecule has 0 unspecified atom stereocenters. The summed E-state index contributed by atoms with van der Waals surface area (Å²) in [6, 6.07) is 14.0. The molecular formula is C15H15NO2. The monoisotopic (exact) mass is 241 g/mol. The van der Waals surface area contributed by atoms with E-state index in [-0.39, 0.29) is 12.0 Å². The first-order valence-corrected chi connectivity index (χ1v) is 6.24. The van der Waals surface area contributed by atoms with Gasteiger partial charge in [0, 0.05) is 12.3 Å². The Morgan fingerprint density at radius 1 is 1.17 bits per heavy atom. The molecule has 1 saturated heterocycles. The van der Waals surface area contributed by atoms with Crippen molar-refractivity contribution in [2.24, 2.45) is 0 Å². The van der Waals surface area contributed by atoms with E-state index in [1.165, 1.54) is 5.39 Å². The Bertz CT molecular complexity index is 573. The number of carbonyl (C=O) groups is 1. The van der Waals surface area contributed by atoms with Gasteiger partial charge in [-0.15, -0.1) is 0 Å². The van der Waals surface area contributed by atoms with Crippen molar-refractivity contribution in [2.75, 3.05) is 11.9 Å². The number of fused-ring (bicyclic) bond motifs is 1. The van der Waals surface area contributed by atoms with Crippen LogP contribution in [0.4, 0.5) is 5.69 Å². The van der Waals surface area contributed by atoms with E-state index in [0.717, 1.165) is 23.9 Å². The summed E-state index contributed by atoms with van der Waals surface area (Å²) in [7, 11) is 0. The lowest BCUT2D eigenvalue weighted by Crippen LogP contribution is -2.26. The molecule has 1 aliphatic rings. The lowest BCUT2D eigenvalue weighted by molar-refractivity contribution is -0.124. The largest absolute Gasteiger partial charge is 0.368 e. The number of hydrogen-bond donors (Lipinski definition) is 1. The minimum Gasteiger partial charge on any atom is -0.368 e. The molecule has 1 atom stereocenters. The van der Waals surface area contributed by atoms with E-state index in [2.05, 4.69) is 11.4 Å². The minimum atomic E-state index is -0.281. The molecule has 0 saturated carbocycles. The molecule has 0 aliphatic carbocycles. The molecule has 1 heterocycles. The fourth-order valence-electron chi connectivity index (χ4n) is 2.27. The lowest BCUT2D eigenvalue weighted by atomic mass is 10.1. The molecule has 92 valence electrons. The third-order valence-electron chi connectivity index (χ3n) is 3.24. The second-order valence-electron chi connectivity index (χ2n) is 4.55. The Morgan fingerprint density at radius 3 is 2.78 bits per heavy atom. The summed E-state index contributed by atoms with van der Waals surface area (Å²) in [6.45, 7) is 0.690. The number of nitrogens with one attached hydrogen (secondary N) is 1. The Labute approximate surface area is 106 Å². The Balaban J connectivity index is 1.79. The highest BCUT2D eigenvalue weighted by Gasteiger charge is 2.23. The highest BCUT2D eigenvalue weighted by molar-refractivity contribution is 5.96. The standard InChI is InChI=1S/C15H15NO2/c17-15(14-6-3-9-18-14)16-13-8-7-11-4-1-2-5-12(11)10-13/h1-2,4-5,7-8,10,14H,3,6,9H2,(H,16,17)/t14-/m0/s1. The van der Waals surface area contributed by atoms with Gasteiger partial charge in [0.25, 0.3) is 5.91 Å². The van der Waals surface area contributed by atoms with E-state index in [1.807, 2.05) is 36.4 Å². The summed E-state index contributed by atoms with van der Waals surface area (Å²) in [6.07, 6.45) is 1.51. The number of amides is 1. The van der Waals surface area contributed by atoms with Crippen LogP contribution in [0.3, 0.4) is 0 Å². The molecule has 1 aliphatic heterocycles.